The van der Waals surface area contributed by atoms with E-state index in [1.165, 1.54) is 6.07 Å². The number of alkyl halides is 3. The maximum absolute atomic E-state index is 13.3. The molecule has 9 heteroatoms. The van der Waals surface area contributed by atoms with Crippen LogP contribution in [0.15, 0.2) is 30.6 Å². The smallest absolute Gasteiger partial charge is 0.381 e. The Labute approximate surface area is 188 Å². The molecule has 4 heterocycles. The van der Waals surface area contributed by atoms with Gasteiger partial charge in [0.05, 0.1) is 17.9 Å². The molecular weight excluding hydrogens is 419 g/mol. The normalized spacial score (nSPS) is 30.0. The fourth-order valence-corrected chi connectivity index (χ4v) is 5.23. The monoisotopic (exact) mass is 449 g/mol. The number of hydrogen-bond acceptors (Lipinski definition) is 6. The van der Waals surface area contributed by atoms with Gasteiger partial charge in [-0.1, -0.05) is 0 Å². The molecule has 0 aromatic carbocycles. The maximum Gasteiger partial charge on any atom is 0.417 e. The molecule has 0 radical (unpaired) electrons. The van der Waals surface area contributed by atoms with Gasteiger partial charge in [0.1, 0.15) is 5.82 Å². The van der Waals surface area contributed by atoms with Crippen LogP contribution in [0.1, 0.15) is 34.0 Å². The van der Waals surface area contributed by atoms with Gasteiger partial charge in [-0.25, -0.2) is 0 Å². The zero-order valence-corrected chi connectivity index (χ0v) is 17.7. The van der Waals surface area contributed by atoms with Gasteiger partial charge in [-0.2, -0.15) is 13.2 Å². The number of pyridine rings is 1. The van der Waals surface area contributed by atoms with E-state index in [1.54, 1.807) is 6.07 Å². The lowest BCUT2D eigenvalue weighted by atomic mass is 10.0. The summed E-state index contributed by atoms with van der Waals surface area (Å²) in [4.78, 5) is 5.80. The van der Waals surface area contributed by atoms with E-state index in [9.17, 15) is 13.2 Å². The molecule has 1 aliphatic carbocycles. The maximum atomic E-state index is 13.3. The highest BCUT2D eigenvalue weighted by atomic mass is 19.4. The van der Waals surface area contributed by atoms with Crippen molar-refractivity contribution >= 4 is 5.82 Å². The number of likely N-dealkylation sites (tertiary alicyclic amines) is 1. The van der Waals surface area contributed by atoms with Crippen LogP contribution in [0.4, 0.5) is 19.0 Å². The second-order valence-corrected chi connectivity index (χ2v) is 9.00. The van der Waals surface area contributed by atoms with Crippen molar-refractivity contribution in [3.05, 3.63) is 36.2 Å². The molecule has 3 atom stereocenters. The molecule has 0 spiro atoms. The number of fused-ring (bicyclic) bond motifs is 1. The Bertz CT molecular complexity index is 987. The molecule has 32 heavy (non-hydrogen) atoms. The lowest BCUT2D eigenvalue weighted by Gasteiger charge is -2.27. The van der Waals surface area contributed by atoms with Crippen molar-refractivity contribution in [3.8, 4) is 11.3 Å². The van der Waals surface area contributed by atoms with Crippen LogP contribution in [-0.4, -0.2) is 58.9 Å². The molecule has 3 aliphatic rings. The van der Waals surface area contributed by atoms with E-state index in [2.05, 4.69) is 20.5 Å². The molecule has 2 aliphatic heterocycles. The SMILES string of the molecule is [2H]C([2H])(C1CCCOC1)N1CC2CC(Nc3ccc(-c4cnccc4C(F)(F)F)nn3)CC2C1. The minimum Gasteiger partial charge on any atom is -0.381 e. The van der Waals surface area contributed by atoms with Crippen molar-refractivity contribution in [3.63, 3.8) is 0 Å². The summed E-state index contributed by atoms with van der Waals surface area (Å²) >= 11 is 0. The fraction of sp³-hybridized carbons (Fsp3) is 0.609. The fourth-order valence-electron chi connectivity index (χ4n) is 5.23. The van der Waals surface area contributed by atoms with Gasteiger partial charge in [0.2, 0.25) is 0 Å². The van der Waals surface area contributed by atoms with E-state index >= 15 is 0 Å². The summed E-state index contributed by atoms with van der Waals surface area (Å²) in [5.74, 6) is 1.27. The van der Waals surface area contributed by atoms with Crippen molar-refractivity contribution in [1.82, 2.24) is 20.1 Å². The summed E-state index contributed by atoms with van der Waals surface area (Å²) < 4.78 is 62.7. The minimum absolute atomic E-state index is 0.0829. The van der Waals surface area contributed by atoms with E-state index in [1.807, 2.05) is 4.90 Å². The van der Waals surface area contributed by atoms with E-state index in [-0.39, 0.29) is 23.2 Å². The number of aromatic nitrogens is 3. The van der Waals surface area contributed by atoms with Gasteiger partial charge in [0.15, 0.2) is 0 Å². The summed E-state index contributed by atoms with van der Waals surface area (Å²) in [6.07, 6.45) is 1.36. The third-order valence-electron chi connectivity index (χ3n) is 6.70. The number of halogens is 3. The van der Waals surface area contributed by atoms with Crippen molar-refractivity contribution in [1.29, 1.82) is 0 Å². The minimum atomic E-state index is -4.49. The van der Waals surface area contributed by atoms with Crippen molar-refractivity contribution in [2.45, 2.75) is 37.9 Å². The highest BCUT2D eigenvalue weighted by Crippen LogP contribution is 2.40. The van der Waals surface area contributed by atoms with Crippen LogP contribution in [-0.2, 0) is 10.9 Å². The van der Waals surface area contributed by atoms with Gasteiger partial charge in [-0.15, -0.1) is 10.2 Å². The second-order valence-electron chi connectivity index (χ2n) is 9.00. The Balaban J connectivity index is 1.19. The summed E-state index contributed by atoms with van der Waals surface area (Å²) in [6, 6.07) is 4.30. The molecule has 0 bridgehead atoms. The molecule has 172 valence electrons. The summed E-state index contributed by atoms with van der Waals surface area (Å²) in [7, 11) is 0. The number of nitrogens with one attached hydrogen (secondary N) is 1. The van der Waals surface area contributed by atoms with E-state index in [4.69, 9.17) is 7.48 Å². The molecule has 1 N–H and O–H groups in total. The zero-order valence-electron chi connectivity index (χ0n) is 19.7. The number of hydrogen-bond donors (Lipinski definition) is 1. The first-order chi connectivity index (χ1) is 16.2. The van der Waals surface area contributed by atoms with Crippen LogP contribution < -0.4 is 5.32 Å². The largest absolute Gasteiger partial charge is 0.417 e. The van der Waals surface area contributed by atoms with Gasteiger partial charge >= 0.3 is 6.18 Å². The third kappa shape index (κ3) is 4.73. The molecule has 1 saturated carbocycles. The Morgan fingerprint density at radius 2 is 1.97 bits per heavy atom. The van der Waals surface area contributed by atoms with Crippen molar-refractivity contribution < 1.29 is 20.6 Å². The molecule has 5 rings (SSSR count). The Morgan fingerprint density at radius 3 is 2.62 bits per heavy atom. The van der Waals surface area contributed by atoms with E-state index < -0.39 is 18.2 Å². The van der Waals surface area contributed by atoms with Gasteiger partial charge in [-0.3, -0.25) is 4.98 Å². The standard InChI is InChI=1S/C23H28F3N5O/c24-23(25,26)20-5-6-27-10-19(20)21-3-4-22(30-29-21)28-18-8-16-12-31(13-17(16)9-18)11-15-2-1-7-32-14-15/h3-6,10,15-18H,1-2,7-9,11-14H2,(H,28,30)/i11D2. The second kappa shape index (κ2) is 8.94. The first-order valence-electron chi connectivity index (χ1n) is 12.2. The average molecular weight is 450 g/mol. The first kappa shape index (κ1) is 19.2. The topological polar surface area (TPSA) is 63.2 Å². The quantitative estimate of drug-likeness (QED) is 0.742. The number of anilines is 1. The molecule has 6 nitrogen and oxygen atoms in total. The predicted molar refractivity (Wildman–Crippen MR) is 114 cm³/mol. The highest BCUT2D eigenvalue weighted by Gasteiger charge is 2.41. The molecule has 3 unspecified atom stereocenters. The number of rotatable bonds is 5. The summed E-state index contributed by atoms with van der Waals surface area (Å²) in [5, 5.41) is 11.5. The van der Waals surface area contributed by atoms with Gasteiger partial charge in [0.25, 0.3) is 0 Å². The molecule has 2 aromatic rings. The zero-order chi connectivity index (χ0) is 23.9. The van der Waals surface area contributed by atoms with Gasteiger partial charge < -0.3 is 15.0 Å². The lowest BCUT2D eigenvalue weighted by molar-refractivity contribution is -0.137. The number of ether oxygens (including phenoxy) is 1. The number of nitrogens with zero attached hydrogens (tertiary/aromatic N) is 4. The van der Waals surface area contributed by atoms with Crippen LogP contribution >= 0.6 is 0 Å². The van der Waals surface area contributed by atoms with Gasteiger partial charge in [0, 0.05) is 52.9 Å². The van der Waals surface area contributed by atoms with E-state index in [0.717, 1.165) is 63.8 Å². The van der Waals surface area contributed by atoms with Crippen LogP contribution in [0.3, 0.4) is 0 Å². The van der Waals surface area contributed by atoms with Crippen LogP contribution in [0.2, 0.25) is 0 Å². The van der Waals surface area contributed by atoms with Crippen molar-refractivity contribution in [2.75, 3.05) is 38.1 Å². The summed E-state index contributed by atoms with van der Waals surface area (Å²) in [5.41, 5.74) is -0.758. The lowest BCUT2D eigenvalue weighted by Crippen LogP contribution is -2.33. The molecular formula is C23H28F3N5O. The Kier molecular flexibility index (Phi) is 5.37. The van der Waals surface area contributed by atoms with E-state index in [0.29, 0.717) is 24.3 Å². The highest BCUT2D eigenvalue weighted by molar-refractivity contribution is 5.63. The first-order valence-corrected chi connectivity index (χ1v) is 11.2. The molecule has 0 amide bonds. The molecule has 3 fully saturated rings. The predicted octanol–water partition coefficient (Wildman–Crippen LogP) is 4.11. The van der Waals surface area contributed by atoms with Crippen LogP contribution in [0.5, 0.6) is 0 Å². The van der Waals surface area contributed by atoms with Crippen molar-refractivity contribution in [2.24, 2.45) is 17.8 Å². The Morgan fingerprint density at radius 1 is 1.16 bits per heavy atom. The summed E-state index contributed by atoms with van der Waals surface area (Å²) in [6.45, 7) is 1.33. The Hall–Kier alpha value is -2.26. The van der Waals surface area contributed by atoms with Crippen LogP contribution in [0, 0.1) is 17.8 Å². The van der Waals surface area contributed by atoms with Crippen LogP contribution in [0.25, 0.3) is 11.3 Å². The molecule has 2 aromatic heterocycles. The average Bonchev–Trinajstić information content (AvgIpc) is 3.39. The van der Waals surface area contributed by atoms with Gasteiger partial charge in [-0.05, 0) is 61.6 Å². The third-order valence-corrected chi connectivity index (χ3v) is 6.70. The molecule has 2 saturated heterocycles.